The van der Waals surface area contributed by atoms with Crippen LogP contribution < -0.4 is 0 Å². The van der Waals surface area contributed by atoms with E-state index in [-0.39, 0.29) is 37.5 Å². The quantitative estimate of drug-likeness (QED) is 0.0261. The molecule has 0 saturated carbocycles. The van der Waals surface area contributed by atoms with E-state index in [1.807, 2.05) is 0 Å². The van der Waals surface area contributed by atoms with Crippen LogP contribution in [0, 0.1) is 0 Å². The van der Waals surface area contributed by atoms with Gasteiger partial charge in [-0.3, -0.25) is 14.4 Å². The average molecular weight is 1120 g/mol. The lowest BCUT2D eigenvalue weighted by atomic mass is 10.0. The molecule has 0 aromatic carbocycles. The van der Waals surface area contributed by atoms with Crippen molar-refractivity contribution in [3.05, 3.63) is 134 Å². The van der Waals surface area contributed by atoms with E-state index in [1.165, 1.54) is 128 Å². The molecule has 0 aromatic rings. The van der Waals surface area contributed by atoms with Crippen LogP contribution in [0.1, 0.15) is 303 Å². The summed E-state index contributed by atoms with van der Waals surface area (Å²) in [6.45, 7) is 6.41. The van der Waals surface area contributed by atoms with Crippen LogP contribution in [0.3, 0.4) is 0 Å². The van der Waals surface area contributed by atoms with E-state index in [0.29, 0.717) is 19.3 Å². The van der Waals surface area contributed by atoms with Crippen molar-refractivity contribution in [3.63, 3.8) is 0 Å². The minimum atomic E-state index is -0.820. The van der Waals surface area contributed by atoms with E-state index in [0.717, 1.165) is 128 Å². The second-order valence-corrected chi connectivity index (χ2v) is 22.0. The zero-order valence-electron chi connectivity index (χ0n) is 52.8. The Morgan fingerprint density at radius 1 is 0.259 bits per heavy atom. The molecule has 0 fully saturated rings. The maximum atomic E-state index is 12.9. The SMILES string of the molecule is CC/C=C\C/C=C\C/C=C\C/C=C\C/C=C\C/C=C\C/C=C\CCCC(=O)OC(COC(=O)CCCCCCC/C=C\C/C=C\CCC)COC(=O)CCCCCCCCCCCCCCCCC/C=C\C/C=C\CCCCCCC. The molecule has 460 valence electrons. The number of hydrogen-bond acceptors (Lipinski definition) is 6. The van der Waals surface area contributed by atoms with Gasteiger partial charge in [-0.15, -0.1) is 0 Å². The van der Waals surface area contributed by atoms with Gasteiger partial charge in [0.15, 0.2) is 6.10 Å². The molecular formula is C75H124O6. The predicted molar refractivity (Wildman–Crippen MR) is 353 cm³/mol. The third-order valence-corrected chi connectivity index (χ3v) is 14.1. The molecule has 81 heavy (non-hydrogen) atoms. The smallest absolute Gasteiger partial charge is 0.306 e. The van der Waals surface area contributed by atoms with Crippen molar-refractivity contribution in [1.82, 2.24) is 0 Å². The number of hydrogen-bond donors (Lipinski definition) is 0. The average Bonchev–Trinajstić information content (AvgIpc) is 3.46. The Morgan fingerprint density at radius 2 is 0.519 bits per heavy atom. The Labute approximate surface area is 500 Å². The summed E-state index contributed by atoms with van der Waals surface area (Å²) in [5, 5.41) is 0. The predicted octanol–water partition coefficient (Wildman–Crippen LogP) is 23.3. The van der Waals surface area contributed by atoms with E-state index in [1.54, 1.807) is 0 Å². The Kier molecular flexibility index (Phi) is 64.3. The van der Waals surface area contributed by atoms with E-state index in [2.05, 4.69) is 154 Å². The summed E-state index contributed by atoms with van der Waals surface area (Å²) in [6.07, 6.45) is 96.2. The van der Waals surface area contributed by atoms with Crippen LogP contribution in [0.4, 0.5) is 0 Å². The van der Waals surface area contributed by atoms with Crippen LogP contribution in [0.2, 0.25) is 0 Å². The lowest BCUT2D eigenvalue weighted by Crippen LogP contribution is -2.30. The van der Waals surface area contributed by atoms with E-state index in [9.17, 15) is 14.4 Å². The number of allylic oxidation sites excluding steroid dienone is 22. The molecule has 6 heteroatoms. The van der Waals surface area contributed by atoms with Crippen LogP contribution in [0.5, 0.6) is 0 Å². The van der Waals surface area contributed by atoms with E-state index >= 15 is 0 Å². The summed E-state index contributed by atoms with van der Waals surface area (Å²) in [6, 6.07) is 0. The number of unbranched alkanes of at least 4 members (excludes halogenated alkanes) is 27. The van der Waals surface area contributed by atoms with Gasteiger partial charge in [0.05, 0.1) is 0 Å². The number of ether oxygens (including phenoxy) is 3. The summed E-state index contributed by atoms with van der Waals surface area (Å²) in [5.41, 5.74) is 0. The Bertz CT molecular complexity index is 1720. The summed E-state index contributed by atoms with van der Waals surface area (Å²) >= 11 is 0. The molecule has 1 unspecified atom stereocenters. The first-order valence-corrected chi connectivity index (χ1v) is 33.7. The second kappa shape index (κ2) is 68.1. The summed E-state index contributed by atoms with van der Waals surface area (Å²) in [5.74, 6) is -0.979. The van der Waals surface area contributed by atoms with E-state index < -0.39 is 6.10 Å². The Balaban J connectivity index is 4.39. The lowest BCUT2D eigenvalue weighted by Gasteiger charge is -2.18. The van der Waals surface area contributed by atoms with Crippen molar-refractivity contribution in [2.45, 2.75) is 309 Å². The first-order chi connectivity index (χ1) is 40.0. The van der Waals surface area contributed by atoms with Gasteiger partial charge in [0.25, 0.3) is 0 Å². The molecule has 0 spiro atoms. The van der Waals surface area contributed by atoms with Gasteiger partial charge in [-0.1, -0.05) is 289 Å². The monoisotopic (exact) mass is 1120 g/mol. The van der Waals surface area contributed by atoms with Crippen LogP contribution in [-0.2, 0) is 28.6 Å². The summed E-state index contributed by atoms with van der Waals surface area (Å²) in [7, 11) is 0. The van der Waals surface area contributed by atoms with Gasteiger partial charge in [-0.2, -0.15) is 0 Å². The molecule has 0 bridgehead atoms. The van der Waals surface area contributed by atoms with Crippen molar-refractivity contribution < 1.29 is 28.6 Å². The molecule has 0 aliphatic carbocycles. The van der Waals surface area contributed by atoms with Gasteiger partial charge >= 0.3 is 17.9 Å². The van der Waals surface area contributed by atoms with Crippen molar-refractivity contribution in [2.24, 2.45) is 0 Å². The molecule has 0 rings (SSSR count). The molecule has 0 radical (unpaired) electrons. The van der Waals surface area contributed by atoms with Crippen LogP contribution in [-0.4, -0.2) is 37.2 Å². The zero-order chi connectivity index (χ0) is 58.5. The van der Waals surface area contributed by atoms with Gasteiger partial charge < -0.3 is 14.2 Å². The van der Waals surface area contributed by atoms with Gasteiger partial charge in [0, 0.05) is 19.3 Å². The summed E-state index contributed by atoms with van der Waals surface area (Å²) < 4.78 is 16.9. The minimum absolute atomic E-state index is 0.108. The van der Waals surface area contributed by atoms with Crippen LogP contribution in [0.15, 0.2) is 134 Å². The molecule has 0 aliphatic rings. The highest BCUT2D eigenvalue weighted by Gasteiger charge is 2.19. The molecular weight excluding hydrogens is 997 g/mol. The van der Waals surface area contributed by atoms with Crippen molar-refractivity contribution in [3.8, 4) is 0 Å². The second-order valence-electron chi connectivity index (χ2n) is 22.0. The highest BCUT2D eigenvalue weighted by Crippen LogP contribution is 2.16. The fourth-order valence-electron chi connectivity index (χ4n) is 9.09. The third-order valence-electron chi connectivity index (χ3n) is 14.1. The maximum absolute atomic E-state index is 12.9. The van der Waals surface area contributed by atoms with Gasteiger partial charge in [-0.05, 0) is 128 Å². The maximum Gasteiger partial charge on any atom is 0.306 e. The summed E-state index contributed by atoms with van der Waals surface area (Å²) in [4.78, 5) is 38.3. The van der Waals surface area contributed by atoms with Crippen molar-refractivity contribution in [2.75, 3.05) is 13.2 Å². The third kappa shape index (κ3) is 66.2. The Morgan fingerprint density at radius 3 is 0.840 bits per heavy atom. The van der Waals surface area contributed by atoms with Gasteiger partial charge in [0.2, 0.25) is 0 Å². The molecule has 0 aromatic heterocycles. The normalized spacial score (nSPS) is 13.0. The molecule has 6 nitrogen and oxygen atoms in total. The lowest BCUT2D eigenvalue weighted by molar-refractivity contribution is -0.167. The van der Waals surface area contributed by atoms with Gasteiger partial charge in [-0.25, -0.2) is 0 Å². The highest BCUT2D eigenvalue weighted by atomic mass is 16.6. The molecule has 1 atom stereocenters. The van der Waals surface area contributed by atoms with Crippen molar-refractivity contribution in [1.29, 1.82) is 0 Å². The standard InChI is InChI=1S/C75H124O6/c1-4-7-10-13-16-19-22-25-27-29-31-33-35-36-37-38-40-41-43-45-47-50-53-56-59-62-65-68-74(77)80-71-72(70-79-73(76)67-64-61-58-55-52-49-24-21-18-15-12-9-6-3)81-75(78)69-66-63-60-57-54-51-48-46-44-42-39-34-32-30-28-26-23-20-17-14-11-8-5-2/h8,11-12,15,17,20-22,24-26,28-29,31-32,34,42,44,48,51,57,60,72H,4-7,9-10,13-14,16,18-19,23,27,30,33,35-41,43,45-47,49-50,52-56,58-59,61-71H2,1-3H3/b11-8-,15-12-,20-17-,24-21-,25-22-,28-26-,31-29-,34-32-,44-42-,51-48-,60-57-. The molecule has 0 aliphatic heterocycles. The molecule has 0 N–H and O–H groups in total. The first kappa shape index (κ1) is 76.5. The van der Waals surface area contributed by atoms with Gasteiger partial charge in [0.1, 0.15) is 13.2 Å². The number of carbonyl (C=O) groups excluding carboxylic acids is 3. The Hall–Kier alpha value is -4.45. The number of rotatable bonds is 60. The fraction of sp³-hybridized carbons (Fsp3) is 0.667. The van der Waals surface area contributed by atoms with Crippen LogP contribution >= 0.6 is 0 Å². The number of esters is 3. The topological polar surface area (TPSA) is 78.9 Å². The molecule has 0 saturated heterocycles. The minimum Gasteiger partial charge on any atom is -0.462 e. The fourth-order valence-corrected chi connectivity index (χ4v) is 9.09. The first-order valence-electron chi connectivity index (χ1n) is 33.7. The van der Waals surface area contributed by atoms with Crippen LogP contribution in [0.25, 0.3) is 0 Å². The molecule has 0 amide bonds. The number of carbonyl (C=O) groups is 3. The highest BCUT2D eigenvalue weighted by molar-refractivity contribution is 5.71. The van der Waals surface area contributed by atoms with Crippen molar-refractivity contribution >= 4 is 17.9 Å². The zero-order valence-corrected chi connectivity index (χ0v) is 52.8. The van der Waals surface area contributed by atoms with E-state index in [4.69, 9.17) is 14.2 Å². The largest absolute Gasteiger partial charge is 0.462 e. The molecule has 0 heterocycles.